The average molecular weight is 298 g/mol. The number of hydrogen-bond acceptors (Lipinski definition) is 2. The lowest BCUT2D eigenvalue weighted by Gasteiger charge is -2.24. The molecule has 0 aliphatic heterocycles. The summed E-state index contributed by atoms with van der Waals surface area (Å²) in [6, 6.07) is 3.59. The first-order valence-electron chi connectivity index (χ1n) is 5.65. The quantitative estimate of drug-likeness (QED) is 0.599. The highest BCUT2D eigenvalue weighted by molar-refractivity contribution is 9.10. The lowest BCUT2D eigenvalue weighted by Crippen LogP contribution is -2.20. The minimum atomic E-state index is -0.574. The van der Waals surface area contributed by atoms with Gasteiger partial charge in [0, 0.05) is 0 Å². The minimum absolute atomic E-state index is 0.269. The molecule has 0 radical (unpaired) electrons. The fourth-order valence-corrected chi connectivity index (χ4v) is 3.31. The first kappa shape index (κ1) is 12.5. The highest BCUT2D eigenvalue weighted by Crippen LogP contribution is 2.45. The first-order valence-corrected chi connectivity index (χ1v) is 6.44. The van der Waals surface area contributed by atoms with Crippen molar-refractivity contribution in [3.05, 3.63) is 33.5 Å². The number of nitrogens with zero attached hydrogens (tertiary/aromatic N) is 1. The number of rotatable bonds is 2. The zero-order chi connectivity index (χ0) is 12.5. The Balaban J connectivity index is 2.58. The molecule has 0 saturated heterocycles. The van der Waals surface area contributed by atoms with Crippen LogP contribution in [0.3, 0.4) is 0 Å². The van der Waals surface area contributed by atoms with E-state index in [1.807, 2.05) is 6.07 Å². The second-order valence-corrected chi connectivity index (χ2v) is 5.29. The van der Waals surface area contributed by atoms with E-state index in [1.54, 1.807) is 19.1 Å². The maximum atomic E-state index is 13.9. The van der Waals surface area contributed by atoms with Crippen LogP contribution >= 0.6 is 15.9 Å². The highest BCUT2D eigenvalue weighted by atomic mass is 79.9. The molecular weight excluding hydrogens is 285 g/mol. The molecule has 1 fully saturated rings. The van der Waals surface area contributed by atoms with Crippen LogP contribution in [0.15, 0.2) is 21.6 Å². The third kappa shape index (κ3) is 2.07. The van der Waals surface area contributed by atoms with Crippen LogP contribution in [0, 0.1) is 12.7 Å². The minimum Gasteiger partial charge on any atom is -0.211 e. The Labute approximate surface area is 108 Å². The fourth-order valence-electron chi connectivity index (χ4n) is 2.49. The van der Waals surface area contributed by atoms with Crippen molar-refractivity contribution in [1.29, 1.82) is 0 Å². The summed E-state index contributed by atoms with van der Waals surface area (Å²) < 4.78 is 14.3. The number of aliphatic imine (C=N–C) groups is 1. The number of halogens is 2. The van der Waals surface area contributed by atoms with Gasteiger partial charge in [0.25, 0.3) is 0 Å². The summed E-state index contributed by atoms with van der Waals surface area (Å²) in [6.07, 6.45) is 5.22. The van der Waals surface area contributed by atoms with Gasteiger partial charge in [0.2, 0.25) is 6.08 Å². The van der Waals surface area contributed by atoms with Crippen LogP contribution in [0.1, 0.15) is 36.8 Å². The Morgan fingerprint density at radius 1 is 1.41 bits per heavy atom. The zero-order valence-corrected chi connectivity index (χ0v) is 11.2. The van der Waals surface area contributed by atoms with Crippen molar-refractivity contribution in [2.24, 2.45) is 4.99 Å². The molecule has 0 amide bonds. The van der Waals surface area contributed by atoms with Gasteiger partial charge in [0.15, 0.2) is 0 Å². The van der Waals surface area contributed by atoms with Crippen LogP contribution in [-0.4, -0.2) is 6.08 Å². The summed E-state index contributed by atoms with van der Waals surface area (Å²) >= 11 is 3.28. The van der Waals surface area contributed by atoms with E-state index in [9.17, 15) is 9.18 Å². The van der Waals surface area contributed by atoms with E-state index in [1.165, 1.54) is 0 Å². The highest BCUT2D eigenvalue weighted by Gasteiger charge is 2.37. The molecule has 0 atom stereocenters. The average Bonchev–Trinajstić information content (AvgIpc) is 2.76. The van der Waals surface area contributed by atoms with E-state index in [-0.39, 0.29) is 5.82 Å². The molecule has 1 aromatic carbocycles. The second kappa shape index (κ2) is 4.71. The maximum Gasteiger partial charge on any atom is 0.235 e. The van der Waals surface area contributed by atoms with Crippen molar-refractivity contribution in [3.63, 3.8) is 0 Å². The number of benzene rings is 1. The van der Waals surface area contributed by atoms with Gasteiger partial charge < -0.3 is 0 Å². The van der Waals surface area contributed by atoms with Gasteiger partial charge in [-0.25, -0.2) is 9.18 Å². The smallest absolute Gasteiger partial charge is 0.211 e. The lowest BCUT2D eigenvalue weighted by molar-refractivity contribution is 0.449. The van der Waals surface area contributed by atoms with E-state index >= 15 is 0 Å². The summed E-state index contributed by atoms with van der Waals surface area (Å²) in [5.41, 5.74) is 0.778. The first-order chi connectivity index (χ1) is 8.10. The van der Waals surface area contributed by atoms with Gasteiger partial charge in [0.05, 0.1) is 10.0 Å². The molecule has 1 aromatic rings. The van der Waals surface area contributed by atoms with E-state index in [0.29, 0.717) is 10.0 Å². The molecule has 4 heteroatoms. The van der Waals surface area contributed by atoms with Gasteiger partial charge in [-0.3, -0.25) is 0 Å². The monoisotopic (exact) mass is 297 g/mol. The summed E-state index contributed by atoms with van der Waals surface area (Å²) in [5.74, 6) is -0.269. The van der Waals surface area contributed by atoms with Gasteiger partial charge in [0.1, 0.15) is 5.82 Å². The summed E-state index contributed by atoms with van der Waals surface area (Å²) in [4.78, 5) is 14.6. The second-order valence-electron chi connectivity index (χ2n) is 4.50. The van der Waals surface area contributed by atoms with Gasteiger partial charge in [-0.05, 0) is 46.8 Å². The van der Waals surface area contributed by atoms with Gasteiger partial charge in [-0.2, -0.15) is 4.99 Å². The largest absolute Gasteiger partial charge is 0.235 e. The van der Waals surface area contributed by atoms with E-state index in [2.05, 4.69) is 20.9 Å². The van der Waals surface area contributed by atoms with Crippen molar-refractivity contribution >= 4 is 22.0 Å². The van der Waals surface area contributed by atoms with Crippen LogP contribution in [0.25, 0.3) is 0 Å². The Morgan fingerprint density at radius 2 is 2.06 bits per heavy atom. The molecule has 90 valence electrons. The normalized spacial score (nSPS) is 17.8. The molecule has 17 heavy (non-hydrogen) atoms. The Hall–Kier alpha value is -0.990. The van der Waals surface area contributed by atoms with Crippen LogP contribution < -0.4 is 0 Å². The maximum absolute atomic E-state index is 13.9. The molecular formula is C13H13BrFNO. The van der Waals surface area contributed by atoms with E-state index in [0.717, 1.165) is 31.2 Å². The molecule has 0 aromatic heterocycles. The van der Waals surface area contributed by atoms with Gasteiger partial charge >= 0.3 is 0 Å². The lowest BCUT2D eigenvalue weighted by atomic mass is 9.88. The number of aryl methyl sites for hydroxylation is 1. The van der Waals surface area contributed by atoms with Crippen molar-refractivity contribution in [2.75, 3.05) is 0 Å². The molecule has 1 aliphatic carbocycles. The van der Waals surface area contributed by atoms with Gasteiger partial charge in [-0.15, -0.1) is 0 Å². The SMILES string of the molecule is Cc1ccc(C2(N=C=O)CCCC2)c(Br)c1F. The van der Waals surface area contributed by atoms with Crippen molar-refractivity contribution in [1.82, 2.24) is 0 Å². The van der Waals surface area contributed by atoms with E-state index in [4.69, 9.17) is 0 Å². The molecule has 0 unspecified atom stereocenters. The Morgan fingerprint density at radius 3 is 2.65 bits per heavy atom. The van der Waals surface area contributed by atoms with Gasteiger partial charge in [-0.1, -0.05) is 25.0 Å². The predicted octanol–water partition coefficient (Wildman–Crippen LogP) is 4.00. The molecule has 0 spiro atoms. The summed E-state index contributed by atoms with van der Waals surface area (Å²) in [5, 5.41) is 0. The third-order valence-corrected chi connectivity index (χ3v) is 4.24. The van der Waals surface area contributed by atoms with Crippen LogP contribution in [0.5, 0.6) is 0 Å². The molecule has 0 bridgehead atoms. The number of isocyanates is 1. The third-order valence-electron chi connectivity index (χ3n) is 3.47. The van der Waals surface area contributed by atoms with Crippen molar-refractivity contribution in [2.45, 2.75) is 38.1 Å². The molecule has 2 rings (SSSR count). The molecule has 1 aliphatic rings. The van der Waals surface area contributed by atoms with Crippen LogP contribution in [-0.2, 0) is 10.3 Å². The Bertz CT molecular complexity index is 488. The van der Waals surface area contributed by atoms with Crippen molar-refractivity contribution in [3.8, 4) is 0 Å². The molecule has 2 nitrogen and oxygen atoms in total. The van der Waals surface area contributed by atoms with Crippen molar-refractivity contribution < 1.29 is 9.18 Å². The van der Waals surface area contributed by atoms with Crippen LogP contribution in [0.4, 0.5) is 4.39 Å². The molecule has 0 N–H and O–H groups in total. The number of hydrogen-bond donors (Lipinski definition) is 0. The zero-order valence-electron chi connectivity index (χ0n) is 9.59. The van der Waals surface area contributed by atoms with Crippen LogP contribution in [0.2, 0.25) is 0 Å². The standard InChI is InChI=1S/C13H13BrFNO/c1-9-4-5-10(11(14)12(9)15)13(16-8-17)6-2-3-7-13/h4-5H,2-3,6-7H2,1H3. The number of carbonyl (C=O) groups excluding carboxylic acids is 1. The summed E-state index contributed by atoms with van der Waals surface area (Å²) in [6.45, 7) is 1.72. The topological polar surface area (TPSA) is 29.4 Å². The molecule has 0 heterocycles. The summed E-state index contributed by atoms with van der Waals surface area (Å²) in [7, 11) is 0. The predicted molar refractivity (Wildman–Crippen MR) is 67.1 cm³/mol. The molecule has 1 saturated carbocycles. The Kier molecular flexibility index (Phi) is 3.45. The fraction of sp³-hybridized carbons (Fsp3) is 0.462. The van der Waals surface area contributed by atoms with E-state index < -0.39 is 5.54 Å².